The summed E-state index contributed by atoms with van der Waals surface area (Å²) in [6.45, 7) is 4.94. The molecule has 2 saturated heterocycles. The SMILES string of the molecule is C[C@@H]1CCC[C@@H](C)N1S(=O)(=O)c1ccc(S(=O)(=O)N2CCCCCC2)cc1. The molecule has 2 atom stereocenters. The summed E-state index contributed by atoms with van der Waals surface area (Å²) in [6, 6.07) is 5.67. The lowest BCUT2D eigenvalue weighted by Crippen LogP contribution is -2.47. The Hall–Kier alpha value is -0.960. The average molecular weight is 415 g/mol. The normalized spacial score (nSPS) is 26.6. The van der Waals surface area contributed by atoms with Crippen molar-refractivity contribution in [3.05, 3.63) is 24.3 Å². The van der Waals surface area contributed by atoms with Gasteiger partial charge in [0.05, 0.1) is 9.79 Å². The van der Waals surface area contributed by atoms with Crippen LogP contribution < -0.4 is 0 Å². The molecule has 1 aromatic rings. The van der Waals surface area contributed by atoms with E-state index in [1.807, 2.05) is 13.8 Å². The van der Waals surface area contributed by atoms with E-state index in [-0.39, 0.29) is 21.9 Å². The second-order valence-electron chi connectivity index (χ2n) is 7.75. The summed E-state index contributed by atoms with van der Waals surface area (Å²) < 4.78 is 55.0. The maximum Gasteiger partial charge on any atom is 0.243 e. The predicted octanol–water partition coefficient (Wildman–Crippen LogP) is 3.20. The van der Waals surface area contributed by atoms with E-state index >= 15 is 0 Å². The molecule has 0 unspecified atom stereocenters. The zero-order chi connectivity index (χ0) is 19.7. The van der Waals surface area contributed by atoms with Gasteiger partial charge in [0.15, 0.2) is 0 Å². The molecule has 0 aliphatic carbocycles. The number of hydrogen-bond acceptors (Lipinski definition) is 4. The monoisotopic (exact) mass is 414 g/mol. The third kappa shape index (κ3) is 4.23. The molecule has 0 bridgehead atoms. The number of piperidine rings is 1. The molecule has 0 N–H and O–H groups in total. The van der Waals surface area contributed by atoms with E-state index in [2.05, 4.69) is 0 Å². The van der Waals surface area contributed by atoms with E-state index in [4.69, 9.17) is 0 Å². The van der Waals surface area contributed by atoms with Crippen LogP contribution >= 0.6 is 0 Å². The van der Waals surface area contributed by atoms with Gasteiger partial charge in [-0.2, -0.15) is 8.61 Å². The summed E-state index contributed by atoms with van der Waals surface area (Å²) in [7, 11) is -7.20. The third-order valence-corrected chi connectivity index (χ3v) is 9.77. The highest BCUT2D eigenvalue weighted by Crippen LogP contribution is 2.30. The van der Waals surface area contributed by atoms with Gasteiger partial charge in [-0.3, -0.25) is 0 Å². The van der Waals surface area contributed by atoms with Gasteiger partial charge in [-0.1, -0.05) is 19.3 Å². The van der Waals surface area contributed by atoms with Gasteiger partial charge in [-0.25, -0.2) is 16.8 Å². The smallest absolute Gasteiger partial charge is 0.207 e. The second-order valence-corrected chi connectivity index (χ2v) is 11.5. The van der Waals surface area contributed by atoms with Gasteiger partial charge in [0, 0.05) is 25.2 Å². The van der Waals surface area contributed by atoms with Gasteiger partial charge >= 0.3 is 0 Å². The van der Waals surface area contributed by atoms with E-state index in [1.54, 1.807) is 4.31 Å². The number of nitrogens with zero attached hydrogens (tertiary/aromatic N) is 2. The summed E-state index contributed by atoms with van der Waals surface area (Å²) in [4.78, 5) is 0.334. The Morgan fingerprint density at radius 2 is 1.15 bits per heavy atom. The van der Waals surface area contributed by atoms with Crippen molar-refractivity contribution in [3.8, 4) is 0 Å². The Morgan fingerprint density at radius 1 is 0.704 bits per heavy atom. The highest BCUT2D eigenvalue weighted by atomic mass is 32.2. The largest absolute Gasteiger partial charge is 0.243 e. The Bertz CT molecular complexity index is 832. The molecule has 152 valence electrons. The lowest BCUT2D eigenvalue weighted by atomic mass is 10.0. The summed E-state index contributed by atoms with van der Waals surface area (Å²) >= 11 is 0. The van der Waals surface area contributed by atoms with E-state index in [1.165, 1.54) is 28.6 Å². The molecule has 0 saturated carbocycles. The van der Waals surface area contributed by atoms with Crippen LogP contribution in [0.25, 0.3) is 0 Å². The molecule has 0 aromatic heterocycles. The van der Waals surface area contributed by atoms with Crippen molar-refractivity contribution in [1.82, 2.24) is 8.61 Å². The second kappa shape index (κ2) is 8.19. The first kappa shape index (κ1) is 20.8. The van der Waals surface area contributed by atoms with Crippen molar-refractivity contribution < 1.29 is 16.8 Å². The average Bonchev–Trinajstić information content (AvgIpc) is 2.91. The van der Waals surface area contributed by atoms with Crippen molar-refractivity contribution in [2.24, 2.45) is 0 Å². The van der Waals surface area contributed by atoms with Crippen LogP contribution in [0.4, 0.5) is 0 Å². The van der Waals surface area contributed by atoms with Gasteiger partial charge in [0.1, 0.15) is 0 Å². The zero-order valence-corrected chi connectivity index (χ0v) is 17.8. The predicted molar refractivity (Wildman–Crippen MR) is 105 cm³/mol. The van der Waals surface area contributed by atoms with Crippen LogP contribution in [0.5, 0.6) is 0 Å². The molecule has 6 nitrogen and oxygen atoms in total. The molecule has 8 heteroatoms. The van der Waals surface area contributed by atoms with E-state index < -0.39 is 20.0 Å². The molecule has 2 fully saturated rings. The van der Waals surface area contributed by atoms with Crippen LogP contribution in [0.1, 0.15) is 58.8 Å². The molecule has 0 radical (unpaired) electrons. The van der Waals surface area contributed by atoms with E-state index in [0.717, 1.165) is 44.9 Å². The molecule has 27 heavy (non-hydrogen) atoms. The van der Waals surface area contributed by atoms with Crippen LogP contribution in [0, 0.1) is 0 Å². The molecule has 2 aliphatic rings. The molecule has 2 aliphatic heterocycles. The van der Waals surface area contributed by atoms with Crippen LogP contribution in [-0.4, -0.2) is 50.6 Å². The number of hydrogen-bond donors (Lipinski definition) is 0. The minimum absolute atomic E-state index is 0.0424. The van der Waals surface area contributed by atoms with Gasteiger partial charge in [0.2, 0.25) is 20.0 Å². The zero-order valence-electron chi connectivity index (χ0n) is 16.2. The topological polar surface area (TPSA) is 74.8 Å². The van der Waals surface area contributed by atoms with Gasteiger partial charge < -0.3 is 0 Å². The highest BCUT2D eigenvalue weighted by molar-refractivity contribution is 7.89. The van der Waals surface area contributed by atoms with Gasteiger partial charge in [-0.15, -0.1) is 0 Å². The number of sulfonamides is 2. The summed E-state index contributed by atoms with van der Waals surface area (Å²) in [5, 5.41) is 0. The van der Waals surface area contributed by atoms with Crippen molar-refractivity contribution in [2.45, 2.75) is 80.7 Å². The fraction of sp³-hybridized carbons (Fsp3) is 0.684. The molecular formula is C19H30N2O4S2. The quantitative estimate of drug-likeness (QED) is 0.758. The van der Waals surface area contributed by atoms with Gasteiger partial charge in [0.25, 0.3) is 0 Å². The molecule has 1 aromatic carbocycles. The molecule has 0 spiro atoms. The lowest BCUT2D eigenvalue weighted by Gasteiger charge is -2.37. The Balaban J connectivity index is 1.86. The minimum atomic E-state index is -3.63. The van der Waals surface area contributed by atoms with Crippen LogP contribution in [0.15, 0.2) is 34.1 Å². The van der Waals surface area contributed by atoms with Gasteiger partial charge in [-0.05, 0) is 63.8 Å². The third-order valence-electron chi connectivity index (χ3n) is 5.71. The van der Waals surface area contributed by atoms with Crippen LogP contribution in [0.2, 0.25) is 0 Å². The van der Waals surface area contributed by atoms with Crippen molar-refractivity contribution in [3.63, 3.8) is 0 Å². The first-order chi connectivity index (χ1) is 12.7. The van der Waals surface area contributed by atoms with Crippen molar-refractivity contribution in [1.29, 1.82) is 0 Å². The summed E-state index contributed by atoms with van der Waals surface area (Å²) in [5.74, 6) is 0. The maximum atomic E-state index is 13.1. The summed E-state index contributed by atoms with van der Waals surface area (Å²) in [6.07, 6.45) is 6.58. The summed E-state index contributed by atoms with van der Waals surface area (Å²) in [5.41, 5.74) is 0. The first-order valence-electron chi connectivity index (χ1n) is 9.88. The van der Waals surface area contributed by atoms with Crippen molar-refractivity contribution >= 4 is 20.0 Å². The fourth-order valence-electron chi connectivity index (χ4n) is 4.21. The van der Waals surface area contributed by atoms with E-state index in [9.17, 15) is 16.8 Å². The van der Waals surface area contributed by atoms with Crippen molar-refractivity contribution in [2.75, 3.05) is 13.1 Å². The Kier molecular flexibility index (Phi) is 6.30. The standard InChI is InChI=1S/C19H30N2O4S2/c1-16-8-7-9-17(2)21(16)27(24,25)19-12-10-18(11-13-19)26(22,23)20-14-5-3-4-6-15-20/h10-13,16-17H,3-9,14-15H2,1-2H3/t16-,17-/m1/s1. The van der Waals surface area contributed by atoms with Crippen LogP contribution in [-0.2, 0) is 20.0 Å². The first-order valence-corrected chi connectivity index (χ1v) is 12.8. The molecular weight excluding hydrogens is 384 g/mol. The Labute approximate surface area is 163 Å². The lowest BCUT2D eigenvalue weighted by molar-refractivity contribution is 0.204. The molecule has 0 amide bonds. The minimum Gasteiger partial charge on any atom is -0.207 e. The number of rotatable bonds is 4. The highest BCUT2D eigenvalue weighted by Gasteiger charge is 2.36. The van der Waals surface area contributed by atoms with Crippen LogP contribution in [0.3, 0.4) is 0 Å². The number of benzene rings is 1. The Morgan fingerprint density at radius 3 is 1.63 bits per heavy atom. The maximum absolute atomic E-state index is 13.1. The fourth-order valence-corrected chi connectivity index (χ4v) is 7.61. The molecule has 3 rings (SSSR count). The van der Waals surface area contributed by atoms with E-state index in [0.29, 0.717) is 13.1 Å². The molecule has 2 heterocycles.